The molecule has 0 unspecified atom stereocenters. The Morgan fingerprint density at radius 1 is 1.09 bits per heavy atom. The number of ether oxygens (including phenoxy) is 1. The molecule has 0 fully saturated rings. The van der Waals surface area contributed by atoms with Crippen molar-refractivity contribution in [3.05, 3.63) is 65.5 Å². The van der Waals surface area contributed by atoms with Crippen LogP contribution in [0.2, 0.25) is 0 Å². The third-order valence-electron chi connectivity index (χ3n) is 5.00. The topological polar surface area (TPSA) is 112 Å². The number of nitrogens with one attached hydrogen (secondary N) is 1. The summed E-state index contributed by atoms with van der Waals surface area (Å²) in [6.45, 7) is 9.41. The lowest BCUT2D eigenvalue weighted by molar-refractivity contribution is -0.113. The van der Waals surface area contributed by atoms with Gasteiger partial charge in [0, 0.05) is 6.54 Å². The van der Waals surface area contributed by atoms with Crippen LogP contribution in [0.3, 0.4) is 0 Å². The lowest BCUT2D eigenvalue weighted by atomic mass is 9.87. The summed E-state index contributed by atoms with van der Waals surface area (Å²) in [5.74, 6) is 0.688. The Balaban J connectivity index is 1.59. The van der Waals surface area contributed by atoms with Crippen LogP contribution in [0.5, 0.6) is 5.75 Å². The number of hydrogen-bond acceptors (Lipinski definition) is 6. The van der Waals surface area contributed by atoms with Crippen molar-refractivity contribution in [3.63, 3.8) is 0 Å². The van der Waals surface area contributed by atoms with Crippen LogP contribution in [0.4, 0.5) is 5.69 Å². The van der Waals surface area contributed by atoms with Gasteiger partial charge in [-0.05, 0) is 42.2 Å². The Hall–Kier alpha value is -3.33. The number of aromatic nitrogens is 3. The zero-order valence-corrected chi connectivity index (χ0v) is 20.1. The van der Waals surface area contributed by atoms with Crippen molar-refractivity contribution < 1.29 is 14.3 Å². The first-order valence-electron chi connectivity index (χ1n) is 10.7. The molecule has 0 radical (unpaired) electrons. The van der Waals surface area contributed by atoms with Gasteiger partial charge in [-0.3, -0.25) is 9.59 Å². The number of benzene rings is 2. The Labute approximate surface area is 197 Å². The molecule has 0 aliphatic heterocycles. The highest BCUT2D eigenvalue weighted by Gasteiger charge is 2.16. The van der Waals surface area contributed by atoms with Gasteiger partial charge in [0.15, 0.2) is 11.0 Å². The van der Waals surface area contributed by atoms with E-state index in [0.29, 0.717) is 23.2 Å². The van der Waals surface area contributed by atoms with Crippen molar-refractivity contribution >= 4 is 29.3 Å². The number of thioether (sulfide) groups is 1. The molecule has 3 aromatic rings. The monoisotopic (exact) mass is 467 g/mol. The van der Waals surface area contributed by atoms with Gasteiger partial charge in [0.1, 0.15) is 12.4 Å². The van der Waals surface area contributed by atoms with Crippen LogP contribution in [0.1, 0.15) is 49.4 Å². The molecule has 2 aromatic carbocycles. The van der Waals surface area contributed by atoms with Gasteiger partial charge in [0.25, 0.3) is 5.91 Å². The largest absolute Gasteiger partial charge is 0.486 e. The van der Waals surface area contributed by atoms with Crippen molar-refractivity contribution in [1.82, 2.24) is 14.8 Å². The van der Waals surface area contributed by atoms with E-state index in [9.17, 15) is 9.59 Å². The van der Waals surface area contributed by atoms with Crippen molar-refractivity contribution in [2.24, 2.45) is 5.73 Å². The van der Waals surface area contributed by atoms with E-state index in [0.717, 1.165) is 5.75 Å². The van der Waals surface area contributed by atoms with E-state index in [4.69, 9.17) is 10.5 Å². The molecule has 0 bridgehead atoms. The van der Waals surface area contributed by atoms with Crippen LogP contribution in [-0.2, 0) is 23.4 Å². The van der Waals surface area contributed by atoms with Crippen LogP contribution >= 0.6 is 11.8 Å². The van der Waals surface area contributed by atoms with E-state index in [2.05, 4.69) is 48.4 Å². The van der Waals surface area contributed by atoms with E-state index in [1.165, 1.54) is 17.3 Å². The summed E-state index contributed by atoms with van der Waals surface area (Å²) in [5.41, 5.74) is 7.34. The Morgan fingerprint density at radius 3 is 2.42 bits per heavy atom. The number of anilines is 1. The SMILES string of the molecule is CCn1c(COc2ccc(C(C)(C)C)cc2)nnc1SCC(=O)Nc1ccccc1C(N)=O. The fourth-order valence-corrected chi connectivity index (χ4v) is 3.99. The number of para-hydroxylation sites is 1. The number of rotatable bonds is 9. The number of nitrogens with zero attached hydrogens (tertiary/aromatic N) is 3. The summed E-state index contributed by atoms with van der Waals surface area (Å²) < 4.78 is 7.82. The van der Waals surface area contributed by atoms with Gasteiger partial charge < -0.3 is 20.4 Å². The van der Waals surface area contributed by atoms with Crippen LogP contribution in [0, 0.1) is 0 Å². The minimum Gasteiger partial charge on any atom is -0.486 e. The normalized spacial score (nSPS) is 11.3. The zero-order chi connectivity index (χ0) is 24.0. The van der Waals surface area contributed by atoms with E-state index >= 15 is 0 Å². The Morgan fingerprint density at radius 2 is 1.79 bits per heavy atom. The second-order valence-electron chi connectivity index (χ2n) is 8.45. The quantitative estimate of drug-likeness (QED) is 0.460. The minimum atomic E-state index is -0.595. The number of nitrogens with two attached hydrogens (primary N) is 1. The molecule has 0 atom stereocenters. The van der Waals surface area contributed by atoms with Crippen LogP contribution in [0.15, 0.2) is 53.7 Å². The number of hydrogen-bond donors (Lipinski definition) is 2. The molecular formula is C24H29N5O3S. The summed E-state index contributed by atoms with van der Waals surface area (Å²) in [4.78, 5) is 23.9. The Kier molecular flexibility index (Phi) is 7.75. The molecule has 3 N–H and O–H groups in total. The maximum absolute atomic E-state index is 12.4. The summed E-state index contributed by atoms with van der Waals surface area (Å²) in [7, 11) is 0. The number of primary amides is 1. The van der Waals surface area contributed by atoms with Gasteiger partial charge in [0.2, 0.25) is 5.91 Å². The number of carbonyl (C=O) groups excluding carboxylic acids is 2. The summed E-state index contributed by atoms with van der Waals surface area (Å²) in [6, 6.07) is 14.7. The van der Waals surface area contributed by atoms with Crippen LogP contribution in [0.25, 0.3) is 0 Å². The molecule has 0 aliphatic rings. The molecule has 9 heteroatoms. The molecule has 174 valence electrons. The average Bonchev–Trinajstić information content (AvgIpc) is 3.18. The second-order valence-corrected chi connectivity index (χ2v) is 9.40. The van der Waals surface area contributed by atoms with E-state index < -0.39 is 5.91 Å². The highest BCUT2D eigenvalue weighted by molar-refractivity contribution is 7.99. The standard InChI is InChI=1S/C24H29N5O3S/c1-5-29-20(14-32-17-12-10-16(11-13-17)24(2,3)4)27-28-23(29)33-15-21(30)26-19-9-7-6-8-18(19)22(25)31/h6-13H,5,14-15H2,1-4H3,(H2,25,31)(H,26,30). The maximum Gasteiger partial charge on any atom is 0.250 e. The summed E-state index contributed by atoms with van der Waals surface area (Å²) in [5, 5.41) is 11.8. The third-order valence-corrected chi connectivity index (χ3v) is 5.96. The number of carbonyl (C=O) groups is 2. The van der Waals surface area contributed by atoms with Crippen LogP contribution in [-0.4, -0.2) is 32.3 Å². The maximum atomic E-state index is 12.4. The second kappa shape index (κ2) is 10.5. The zero-order valence-electron chi connectivity index (χ0n) is 19.3. The first-order chi connectivity index (χ1) is 15.7. The van der Waals surface area contributed by atoms with Crippen molar-refractivity contribution in [1.29, 1.82) is 0 Å². The number of amides is 2. The summed E-state index contributed by atoms with van der Waals surface area (Å²) in [6.07, 6.45) is 0. The van der Waals surface area contributed by atoms with Gasteiger partial charge in [-0.2, -0.15) is 0 Å². The lowest BCUT2D eigenvalue weighted by Crippen LogP contribution is -2.19. The minimum absolute atomic E-state index is 0.0846. The van der Waals surface area contributed by atoms with Gasteiger partial charge >= 0.3 is 0 Å². The van der Waals surface area contributed by atoms with E-state index in [-0.39, 0.29) is 29.2 Å². The van der Waals surface area contributed by atoms with Gasteiger partial charge in [0.05, 0.1) is 17.0 Å². The third kappa shape index (κ3) is 6.35. The lowest BCUT2D eigenvalue weighted by Gasteiger charge is -2.19. The molecule has 0 aliphatic carbocycles. The predicted molar refractivity (Wildman–Crippen MR) is 129 cm³/mol. The molecule has 0 spiro atoms. The highest BCUT2D eigenvalue weighted by Crippen LogP contribution is 2.25. The fourth-order valence-electron chi connectivity index (χ4n) is 3.17. The van der Waals surface area contributed by atoms with Gasteiger partial charge in [-0.25, -0.2) is 0 Å². The molecule has 0 saturated heterocycles. The summed E-state index contributed by atoms with van der Waals surface area (Å²) >= 11 is 1.27. The van der Waals surface area contributed by atoms with Crippen molar-refractivity contribution in [2.45, 2.75) is 51.4 Å². The van der Waals surface area contributed by atoms with Gasteiger partial charge in [-0.15, -0.1) is 10.2 Å². The van der Waals surface area contributed by atoms with Crippen molar-refractivity contribution in [2.75, 3.05) is 11.1 Å². The first-order valence-corrected chi connectivity index (χ1v) is 11.6. The van der Waals surface area contributed by atoms with Crippen LogP contribution < -0.4 is 15.8 Å². The molecule has 8 nitrogen and oxygen atoms in total. The molecule has 2 amide bonds. The fraction of sp³-hybridized carbons (Fsp3) is 0.333. The highest BCUT2D eigenvalue weighted by atomic mass is 32.2. The smallest absolute Gasteiger partial charge is 0.250 e. The molecule has 33 heavy (non-hydrogen) atoms. The van der Waals surface area contributed by atoms with E-state index in [1.807, 2.05) is 23.6 Å². The molecular weight excluding hydrogens is 438 g/mol. The molecule has 1 heterocycles. The van der Waals surface area contributed by atoms with Gasteiger partial charge in [-0.1, -0.05) is 56.8 Å². The molecule has 3 rings (SSSR count). The first kappa shape index (κ1) is 24.3. The Bertz CT molecular complexity index is 1120. The molecule has 0 saturated carbocycles. The van der Waals surface area contributed by atoms with Crippen molar-refractivity contribution in [3.8, 4) is 5.75 Å². The predicted octanol–water partition coefficient (Wildman–Crippen LogP) is 4.00. The van der Waals surface area contributed by atoms with E-state index in [1.54, 1.807) is 24.3 Å². The molecule has 1 aromatic heterocycles. The average molecular weight is 468 g/mol.